The van der Waals surface area contributed by atoms with Crippen LogP contribution in [0.3, 0.4) is 0 Å². The zero-order chi connectivity index (χ0) is 12.3. The fourth-order valence-electron chi connectivity index (χ4n) is 1.40. The zero-order valence-electron chi connectivity index (χ0n) is 9.24. The molecule has 1 heterocycles. The van der Waals surface area contributed by atoms with E-state index in [0.717, 1.165) is 5.56 Å². The van der Waals surface area contributed by atoms with Gasteiger partial charge in [0.25, 0.3) is 0 Å². The zero-order valence-corrected chi connectivity index (χ0v) is 10.1. The number of hydrogen-bond donors (Lipinski definition) is 1. The van der Waals surface area contributed by atoms with Gasteiger partial charge in [0.2, 0.25) is 10.0 Å². The molecule has 0 aliphatic heterocycles. The maximum absolute atomic E-state index is 11.5. The monoisotopic (exact) mass is 252 g/mol. The highest BCUT2D eigenvalue weighted by atomic mass is 32.2. The Hall–Kier alpha value is -1.73. The van der Waals surface area contributed by atoms with Gasteiger partial charge in [-0.15, -0.1) is 5.10 Å². The van der Waals surface area contributed by atoms with Crippen molar-refractivity contribution in [1.82, 2.24) is 19.7 Å². The van der Waals surface area contributed by atoms with Crippen molar-refractivity contribution in [3.63, 3.8) is 0 Å². The van der Waals surface area contributed by atoms with Gasteiger partial charge in [-0.05, 0) is 24.7 Å². The van der Waals surface area contributed by atoms with Crippen molar-refractivity contribution in [1.29, 1.82) is 0 Å². The third kappa shape index (κ3) is 2.69. The molecule has 0 amide bonds. The molecule has 1 aromatic heterocycles. The second-order valence-electron chi connectivity index (χ2n) is 3.45. The average Bonchev–Trinajstić information content (AvgIpc) is 2.83. The molecule has 0 spiro atoms. The van der Waals surface area contributed by atoms with E-state index in [4.69, 9.17) is 0 Å². The molecule has 7 heteroatoms. The van der Waals surface area contributed by atoms with Crippen LogP contribution in [0.2, 0.25) is 0 Å². The standard InChI is InChI=1S/C10H12N4O2S/c1-11-17(15,16)10-4-2-9(3-5-10)8-14-7-6-12-13-14/h2-7,11H,8H2,1H3. The van der Waals surface area contributed by atoms with Crippen LogP contribution < -0.4 is 4.72 Å². The van der Waals surface area contributed by atoms with Crippen molar-refractivity contribution in [3.8, 4) is 0 Å². The number of aromatic nitrogens is 3. The Morgan fingerprint density at radius 1 is 1.29 bits per heavy atom. The van der Waals surface area contributed by atoms with Gasteiger partial charge in [-0.2, -0.15) is 0 Å². The molecule has 1 aromatic carbocycles. The summed E-state index contributed by atoms with van der Waals surface area (Å²) in [6.45, 7) is 0.569. The van der Waals surface area contributed by atoms with Crippen molar-refractivity contribution in [3.05, 3.63) is 42.2 Å². The van der Waals surface area contributed by atoms with E-state index >= 15 is 0 Å². The second kappa shape index (κ2) is 4.64. The lowest BCUT2D eigenvalue weighted by molar-refractivity contribution is 0.588. The van der Waals surface area contributed by atoms with E-state index in [1.165, 1.54) is 7.05 Å². The number of rotatable bonds is 4. The Morgan fingerprint density at radius 3 is 2.53 bits per heavy atom. The minimum absolute atomic E-state index is 0.252. The van der Waals surface area contributed by atoms with Crippen LogP contribution in [-0.4, -0.2) is 30.5 Å². The quantitative estimate of drug-likeness (QED) is 0.845. The smallest absolute Gasteiger partial charge is 0.240 e. The lowest BCUT2D eigenvalue weighted by Gasteiger charge is -2.04. The van der Waals surface area contributed by atoms with Crippen LogP contribution in [-0.2, 0) is 16.6 Å². The predicted octanol–water partition coefficient (Wildman–Crippen LogP) is 0.234. The van der Waals surface area contributed by atoms with Crippen LogP contribution in [0.5, 0.6) is 0 Å². The minimum atomic E-state index is -3.36. The highest BCUT2D eigenvalue weighted by Crippen LogP contribution is 2.10. The summed E-state index contributed by atoms with van der Waals surface area (Å²) in [4.78, 5) is 0.252. The van der Waals surface area contributed by atoms with Crippen molar-refractivity contribution >= 4 is 10.0 Å². The molecule has 0 saturated heterocycles. The SMILES string of the molecule is CNS(=O)(=O)c1ccc(Cn2ccnn2)cc1. The Bertz CT molecular complexity index is 575. The first kappa shape index (κ1) is 11.7. The van der Waals surface area contributed by atoms with Crippen molar-refractivity contribution in [2.24, 2.45) is 0 Å². The number of sulfonamides is 1. The van der Waals surface area contributed by atoms with Gasteiger partial charge in [0.15, 0.2) is 0 Å². The minimum Gasteiger partial charge on any atom is -0.248 e. The van der Waals surface area contributed by atoms with E-state index in [9.17, 15) is 8.42 Å². The fraction of sp³-hybridized carbons (Fsp3) is 0.200. The van der Waals surface area contributed by atoms with Crippen LogP contribution in [0.1, 0.15) is 5.56 Å². The highest BCUT2D eigenvalue weighted by molar-refractivity contribution is 7.89. The van der Waals surface area contributed by atoms with Gasteiger partial charge in [0.1, 0.15) is 0 Å². The van der Waals surface area contributed by atoms with Crippen molar-refractivity contribution in [2.45, 2.75) is 11.4 Å². The molecule has 2 aromatic rings. The van der Waals surface area contributed by atoms with Crippen LogP contribution in [0.25, 0.3) is 0 Å². The molecule has 0 radical (unpaired) electrons. The van der Waals surface area contributed by atoms with Crippen LogP contribution in [0.15, 0.2) is 41.6 Å². The molecule has 0 aliphatic carbocycles. The third-order valence-electron chi connectivity index (χ3n) is 2.32. The first-order valence-electron chi connectivity index (χ1n) is 4.98. The average molecular weight is 252 g/mol. The topological polar surface area (TPSA) is 76.9 Å². The Morgan fingerprint density at radius 2 is 2.00 bits per heavy atom. The summed E-state index contributed by atoms with van der Waals surface area (Å²) >= 11 is 0. The summed E-state index contributed by atoms with van der Waals surface area (Å²) in [5.74, 6) is 0. The maximum Gasteiger partial charge on any atom is 0.240 e. The van der Waals surface area contributed by atoms with Gasteiger partial charge in [-0.25, -0.2) is 17.8 Å². The van der Waals surface area contributed by atoms with Crippen LogP contribution in [0, 0.1) is 0 Å². The van der Waals surface area contributed by atoms with E-state index in [1.54, 1.807) is 41.3 Å². The summed E-state index contributed by atoms with van der Waals surface area (Å²) in [5, 5.41) is 7.53. The first-order chi connectivity index (χ1) is 8.12. The second-order valence-corrected chi connectivity index (χ2v) is 5.34. The lowest BCUT2D eigenvalue weighted by Crippen LogP contribution is -2.18. The van der Waals surface area contributed by atoms with Gasteiger partial charge < -0.3 is 0 Å². The molecule has 0 saturated carbocycles. The molecule has 0 fully saturated rings. The molecule has 17 heavy (non-hydrogen) atoms. The largest absolute Gasteiger partial charge is 0.248 e. The molecule has 0 unspecified atom stereocenters. The van der Waals surface area contributed by atoms with Gasteiger partial charge >= 0.3 is 0 Å². The number of benzene rings is 1. The third-order valence-corrected chi connectivity index (χ3v) is 3.75. The molecule has 0 bridgehead atoms. The Balaban J connectivity index is 2.19. The fourth-order valence-corrected chi connectivity index (χ4v) is 2.13. The van der Waals surface area contributed by atoms with E-state index < -0.39 is 10.0 Å². The molecule has 0 aliphatic rings. The Kier molecular flexibility index (Phi) is 3.21. The normalized spacial score (nSPS) is 11.6. The molecule has 2 rings (SSSR count). The summed E-state index contributed by atoms with van der Waals surface area (Å²) in [6, 6.07) is 6.65. The molecular weight excluding hydrogens is 240 g/mol. The molecule has 6 nitrogen and oxygen atoms in total. The highest BCUT2D eigenvalue weighted by Gasteiger charge is 2.10. The van der Waals surface area contributed by atoms with Crippen molar-refractivity contribution in [2.75, 3.05) is 7.05 Å². The van der Waals surface area contributed by atoms with Gasteiger partial charge in [0, 0.05) is 6.20 Å². The summed E-state index contributed by atoms with van der Waals surface area (Å²) in [5.41, 5.74) is 0.963. The summed E-state index contributed by atoms with van der Waals surface area (Å²) < 4.78 is 26.9. The van der Waals surface area contributed by atoms with Gasteiger partial charge in [-0.3, -0.25) is 0 Å². The molecule has 1 N–H and O–H groups in total. The van der Waals surface area contributed by atoms with Crippen LogP contribution in [0.4, 0.5) is 0 Å². The van der Waals surface area contributed by atoms with E-state index in [1.807, 2.05) is 0 Å². The number of nitrogens with one attached hydrogen (secondary N) is 1. The summed E-state index contributed by atoms with van der Waals surface area (Å²) in [6.07, 6.45) is 3.35. The first-order valence-corrected chi connectivity index (χ1v) is 6.47. The van der Waals surface area contributed by atoms with E-state index in [0.29, 0.717) is 6.54 Å². The number of nitrogens with zero attached hydrogens (tertiary/aromatic N) is 3. The Labute approximate surface area is 99.3 Å². The van der Waals surface area contributed by atoms with E-state index in [2.05, 4.69) is 15.0 Å². The molecule has 90 valence electrons. The predicted molar refractivity (Wildman–Crippen MR) is 61.8 cm³/mol. The summed E-state index contributed by atoms with van der Waals surface area (Å²) in [7, 11) is -1.97. The van der Waals surface area contributed by atoms with Crippen molar-refractivity contribution < 1.29 is 8.42 Å². The van der Waals surface area contributed by atoms with Gasteiger partial charge in [-0.1, -0.05) is 17.3 Å². The molecule has 0 atom stereocenters. The molecular formula is C10H12N4O2S. The van der Waals surface area contributed by atoms with E-state index in [-0.39, 0.29) is 4.90 Å². The van der Waals surface area contributed by atoms with Gasteiger partial charge in [0.05, 0.1) is 17.6 Å². The maximum atomic E-state index is 11.5. The lowest BCUT2D eigenvalue weighted by atomic mass is 10.2. The van der Waals surface area contributed by atoms with Crippen LogP contribution >= 0.6 is 0 Å². The number of hydrogen-bond acceptors (Lipinski definition) is 4.